The number of alkyl halides is 3. The van der Waals surface area contributed by atoms with Gasteiger partial charge in [0.1, 0.15) is 6.17 Å². The molecule has 2 N–H and O–H groups in total. The van der Waals surface area contributed by atoms with Gasteiger partial charge in [-0.25, -0.2) is 4.39 Å². The van der Waals surface area contributed by atoms with Gasteiger partial charge in [-0.15, -0.1) is 23.2 Å². The highest BCUT2D eigenvalue weighted by Gasteiger charge is 2.39. The maximum absolute atomic E-state index is 14.7. The van der Waals surface area contributed by atoms with Gasteiger partial charge in [-0.1, -0.05) is 94.7 Å². The first kappa shape index (κ1) is 35.5. The second-order valence-electron chi connectivity index (χ2n) is 14.8. The van der Waals surface area contributed by atoms with Gasteiger partial charge in [-0.05, 0) is 75.0 Å². The minimum atomic E-state index is -0.872. The molecule has 0 aromatic carbocycles. The van der Waals surface area contributed by atoms with Crippen LogP contribution in [0.4, 0.5) is 4.39 Å². The van der Waals surface area contributed by atoms with Crippen LogP contribution in [-0.4, -0.2) is 63.9 Å². The van der Waals surface area contributed by atoms with Crippen molar-refractivity contribution in [3.05, 3.63) is 0 Å². The number of rotatable bonds is 8. The number of halogens is 3. The number of hydrogen-bond acceptors (Lipinski definition) is 6. The smallest absolute Gasteiger partial charge is 0.156 e. The van der Waals surface area contributed by atoms with Crippen molar-refractivity contribution in [2.24, 2.45) is 39.6 Å². The van der Waals surface area contributed by atoms with Crippen LogP contribution >= 0.6 is 46.7 Å². The van der Waals surface area contributed by atoms with Crippen molar-refractivity contribution < 1.29 is 4.39 Å². The summed E-state index contributed by atoms with van der Waals surface area (Å²) in [6.07, 6.45) is 21.8. The standard InChI is InChI=1S/C18H31ClN2S.C17H28ClFN2S/c1-13-4-2-5-14(10-13)11-17(21-18-20-8-9-22-18)15-6-3-7-16(19)12-15;18-14-8-4-7-13(16(14)19)15(21-17-20-9-10-22-17)11-12-5-2-1-3-6-12/h13-17H,2-12H2,1H3,(H,20,21);12-16H,1-11H2,(H,20,21). The Hall–Kier alpha value is 0.150. The topological polar surface area (TPSA) is 48.8 Å². The number of hydrogen-bond donors (Lipinski definition) is 2. The monoisotopic (exact) mass is 688 g/mol. The second kappa shape index (κ2) is 18.6. The zero-order valence-corrected chi connectivity index (χ0v) is 30.3. The van der Waals surface area contributed by atoms with Gasteiger partial charge in [-0.3, -0.25) is 9.98 Å². The average Bonchev–Trinajstić information content (AvgIpc) is 3.74. The van der Waals surface area contributed by atoms with Crippen LogP contribution in [-0.2, 0) is 0 Å². The molecule has 4 aliphatic carbocycles. The molecule has 4 saturated carbocycles. The van der Waals surface area contributed by atoms with Crippen LogP contribution in [0, 0.1) is 29.6 Å². The molecule has 2 heterocycles. The minimum Gasteiger partial charge on any atom is -0.362 e. The molecule has 0 aromatic rings. The maximum atomic E-state index is 14.7. The van der Waals surface area contributed by atoms with Crippen LogP contribution < -0.4 is 10.6 Å². The molecule has 9 unspecified atom stereocenters. The summed E-state index contributed by atoms with van der Waals surface area (Å²) in [7, 11) is 0. The van der Waals surface area contributed by atoms with E-state index in [4.69, 9.17) is 23.2 Å². The van der Waals surface area contributed by atoms with E-state index in [1.165, 1.54) is 95.1 Å². The molecule has 44 heavy (non-hydrogen) atoms. The highest BCUT2D eigenvalue weighted by Crippen LogP contribution is 2.39. The third-order valence-electron chi connectivity index (χ3n) is 11.2. The predicted molar refractivity (Wildman–Crippen MR) is 194 cm³/mol. The number of amidine groups is 2. The SMILES string of the molecule is CC1CCCC(CC(NC2=NCCS2)C2CCCC(Cl)C2)C1.FC1C(Cl)CCCC1C(CC1CCCCC1)NC1=NCCS1. The Balaban J connectivity index is 0.000000175. The molecule has 4 fully saturated rings. The lowest BCUT2D eigenvalue weighted by atomic mass is 9.75. The molecule has 252 valence electrons. The Labute approximate surface area is 286 Å². The fraction of sp³-hybridized carbons (Fsp3) is 0.943. The van der Waals surface area contributed by atoms with Crippen molar-refractivity contribution in [3.63, 3.8) is 0 Å². The zero-order chi connectivity index (χ0) is 30.7. The normalized spacial score (nSPS) is 36.4. The molecule has 6 aliphatic rings. The molecule has 0 bridgehead atoms. The maximum Gasteiger partial charge on any atom is 0.156 e. The first-order valence-electron chi connectivity index (χ1n) is 18.2. The number of aliphatic imine (C=N–C) groups is 2. The summed E-state index contributed by atoms with van der Waals surface area (Å²) in [5.74, 6) is 5.59. The third kappa shape index (κ3) is 11.1. The van der Waals surface area contributed by atoms with Crippen molar-refractivity contribution in [2.75, 3.05) is 24.6 Å². The minimum absolute atomic E-state index is 0.0575. The molecule has 9 atom stereocenters. The van der Waals surface area contributed by atoms with E-state index in [0.29, 0.717) is 11.4 Å². The lowest BCUT2D eigenvalue weighted by Gasteiger charge is -2.38. The van der Waals surface area contributed by atoms with Crippen LogP contribution in [0.15, 0.2) is 9.98 Å². The van der Waals surface area contributed by atoms with Crippen LogP contribution in [0.2, 0.25) is 0 Å². The summed E-state index contributed by atoms with van der Waals surface area (Å²) in [6.45, 7) is 4.31. The molecule has 0 radical (unpaired) electrons. The summed E-state index contributed by atoms with van der Waals surface area (Å²) >= 11 is 16.4. The molecule has 0 aromatic heterocycles. The van der Waals surface area contributed by atoms with E-state index in [0.717, 1.165) is 79.1 Å². The Morgan fingerprint density at radius 2 is 1.36 bits per heavy atom. The van der Waals surface area contributed by atoms with Crippen molar-refractivity contribution >= 4 is 57.1 Å². The quantitative estimate of drug-likeness (QED) is 0.249. The first-order valence-corrected chi connectivity index (χ1v) is 21.1. The fourth-order valence-corrected chi connectivity index (χ4v) is 11.2. The lowest BCUT2D eigenvalue weighted by Crippen LogP contribution is -2.47. The van der Waals surface area contributed by atoms with E-state index >= 15 is 0 Å². The van der Waals surface area contributed by atoms with E-state index in [1.54, 1.807) is 11.8 Å². The van der Waals surface area contributed by atoms with Gasteiger partial charge >= 0.3 is 0 Å². The summed E-state index contributed by atoms with van der Waals surface area (Å²) in [6, 6.07) is 0.810. The molecular formula is C35H59Cl2FN4S2. The summed E-state index contributed by atoms with van der Waals surface area (Å²) in [4.78, 5) is 9.15. The van der Waals surface area contributed by atoms with E-state index in [1.807, 2.05) is 11.8 Å². The first-order chi connectivity index (χ1) is 21.4. The summed E-state index contributed by atoms with van der Waals surface area (Å²) < 4.78 is 14.7. The molecule has 0 spiro atoms. The van der Waals surface area contributed by atoms with Gasteiger partial charge in [0.15, 0.2) is 10.3 Å². The molecule has 6 rings (SSSR count). The van der Waals surface area contributed by atoms with Crippen LogP contribution in [0.25, 0.3) is 0 Å². The van der Waals surface area contributed by atoms with Gasteiger partial charge in [0.2, 0.25) is 0 Å². The Bertz CT molecular complexity index is 919. The second-order valence-corrected chi connectivity index (χ2v) is 18.1. The molecule has 9 heteroatoms. The molecule has 2 aliphatic heterocycles. The third-order valence-corrected chi connectivity index (χ3v) is 13.9. The molecular weight excluding hydrogens is 630 g/mol. The number of thioether (sulfide) groups is 2. The molecule has 0 amide bonds. The highest BCUT2D eigenvalue weighted by atomic mass is 35.5. The average molecular weight is 690 g/mol. The number of nitrogens with one attached hydrogen (secondary N) is 2. The molecule has 0 saturated heterocycles. The molecule has 4 nitrogen and oxygen atoms in total. The van der Waals surface area contributed by atoms with Crippen LogP contribution in [0.1, 0.15) is 122 Å². The zero-order valence-electron chi connectivity index (χ0n) is 27.2. The highest BCUT2D eigenvalue weighted by molar-refractivity contribution is 8.14. The van der Waals surface area contributed by atoms with Gasteiger partial charge in [0.05, 0.1) is 18.5 Å². The van der Waals surface area contributed by atoms with E-state index < -0.39 is 6.17 Å². The number of nitrogens with zero attached hydrogens (tertiary/aromatic N) is 2. The van der Waals surface area contributed by atoms with E-state index in [2.05, 4.69) is 27.5 Å². The van der Waals surface area contributed by atoms with Gasteiger partial charge < -0.3 is 10.6 Å². The Kier molecular flexibility index (Phi) is 15.0. The van der Waals surface area contributed by atoms with Gasteiger partial charge in [0.25, 0.3) is 0 Å². The summed E-state index contributed by atoms with van der Waals surface area (Å²) in [5, 5.41) is 9.75. The van der Waals surface area contributed by atoms with Gasteiger partial charge in [0, 0.05) is 34.9 Å². The van der Waals surface area contributed by atoms with Crippen molar-refractivity contribution in [3.8, 4) is 0 Å². The lowest BCUT2D eigenvalue weighted by molar-refractivity contribution is 0.124. The van der Waals surface area contributed by atoms with E-state index in [-0.39, 0.29) is 17.3 Å². The van der Waals surface area contributed by atoms with Crippen molar-refractivity contribution in [1.29, 1.82) is 0 Å². The van der Waals surface area contributed by atoms with Crippen molar-refractivity contribution in [1.82, 2.24) is 10.6 Å². The van der Waals surface area contributed by atoms with Crippen LogP contribution in [0.5, 0.6) is 0 Å². The Morgan fingerprint density at radius 3 is 2.02 bits per heavy atom. The van der Waals surface area contributed by atoms with E-state index in [9.17, 15) is 4.39 Å². The Morgan fingerprint density at radius 1 is 0.727 bits per heavy atom. The predicted octanol–water partition coefficient (Wildman–Crippen LogP) is 9.82. The largest absolute Gasteiger partial charge is 0.362 e. The summed E-state index contributed by atoms with van der Waals surface area (Å²) in [5.41, 5.74) is 0. The van der Waals surface area contributed by atoms with Gasteiger partial charge in [-0.2, -0.15) is 0 Å². The fourth-order valence-electron chi connectivity index (χ4n) is 8.88. The van der Waals surface area contributed by atoms with Crippen LogP contribution in [0.3, 0.4) is 0 Å². The van der Waals surface area contributed by atoms with Crippen molar-refractivity contribution in [2.45, 2.75) is 152 Å².